The van der Waals surface area contributed by atoms with E-state index in [2.05, 4.69) is 15.9 Å². The van der Waals surface area contributed by atoms with E-state index in [9.17, 15) is 8.42 Å². The maximum absolute atomic E-state index is 12.7. The van der Waals surface area contributed by atoms with E-state index in [4.69, 9.17) is 21.1 Å². The predicted molar refractivity (Wildman–Crippen MR) is 97.4 cm³/mol. The fourth-order valence-corrected chi connectivity index (χ4v) is 4.34. The van der Waals surface area contributed by atoms with Crippen LogP contribution in [-0.4, -0.2) is 34.0 Å². The predicted octanol–water partition coefficient (Wildman–Crippen LogP) is 3.94. The maximum atomic E-state index is 12.7. The SMILES string of the molecule is COc1ccc(CN(C)S(=O)(=O)c2ccc(Br)cc2Cl)cc1OC. The Kier molecular flexibility index (Phi) is 6.14. The molecule has 2 aromatic carbocycles. The molecular weight excluding hydrogens is 418 g/mol. The Morgan fingerprint density at radius 3 is 2.33 bits per heavy atom. The lowest BCUT2D eigenvalue weighted by molar-refractivity contribution is 0.354. The van der Waals surface area contributed by atoms with Crippen molar-refractivity contribution < 1.29 is 17.9 Å². The number of methoxy groups -OCH3 is 2. The summed E-state index contributed by atoms with van der Waals surface area (Å²) in [5.41, 5.74) is 0.770. The van der Waals surface area contributed by atoms with Gasteiger partial charge in [-0.25, -0.2) is 8.42 Å². The molecule has 0 unspecified atom stereocenters. The fraction of sp³-hybridized carbons (Fsp3) is 0.250. The molecule has 0 aliphatic rings. The molecule has 8 heteroatoms. The van der Waals surface area contributed by atoms with Crippen molar-refractivity contribution in [1.82, 2.24) is 4.31 Å². The summed E-state index contributed by atoms with van der Waals surface area (Å²) < 4.78 is 37.8. The maximum Gasteiger partial charge on any atom is 0.244 e. The minimum Gasteiger partial charge on any atom is -0.493 e. The average Bonchev–Trinajstić information content (AvgIpc) is 2.54. The molecular formula is C16H17BrClNO4S. The van der Waals surface area contributed by atoms with Crippen LogP contribution in [-0.2, 0) is 16.6 Å². The van der Waals surface area contributed by atoms with Crippen molar-refractivity contribution in [2.24, 2.45) is 0 Å². The van der Waals surface area contributed by atoms with Crippen LogP contribution in [0.1, 0.15) is 5.56 Å². The van der Waals surface area contributed by atoms with Gasteiger partial charge in [0.25, 0.3) is 0 Å². The zero-order valence-corrected chi connectivity index (χ0v) is 16.6. The number of ether oxygens (including phenoxy) is 2. The molecule has 0 radical (unpaired) electrons. The van der Waals surface area contributed by atoms with Crippen molar-refractivity contribution in [2.75, 3.05) is 21.3 Å². The molecule has 24 heavy (non-hydrogen) atoms. The van der Waals surface area contributed by atoms with E-state index in [-0.39, 0.29) is 16.5 Å². The molecule has 0 bridgehead atoms. The topological polar surface area (TPSA) is 55.8 Å². The lowest BCUT2D eigenvalue weighted by atomic mass is 10.2. The molecule has 0 spiro atoms. The summed E-state index contributed by atoms with van der Waals surface area (Å²) in [6.45, 7) is 0.176. The van der Waals surface area contributed by atoms with E-state index in [0.717, 1.165) is 5.56 Å². The Morgan fingerprint density at radius 1 is 1.08 bits per heavy atom. The van der Waals surface area contributed by atoms with Crippen LogP contribution in [0.15, 0.2) is 45.8 Å². The zero-order chi connectivity index (χ0) is 17.9. The normalized spacial score (nSPS) is 11.6. The molecule has 0 amide bonds. The van der Waals surface area contributed by atoms with Gasteiger partial charge < -0.3 is 9.47 Å². The van der Waals surface area contributed by atoms with Crippen molar-refractivity contribution in [1.29, 1.82) is 0 Å². The van der Waals surface area contributed by atoms with Crippen LogP contribution in [0.3, 0.4) is 0 Å². The summed E-state index contributed by atoms with van der Waals surface area (Å²) >= 11 is 9.34. The molecule has 0 atom stereocenters. The Bertz CT molecular complexity index is 842. The Hall–Kier alpha value is -1.28. The number of nitrogens with zero attached hydrogens (tertiary/aromatic N) is 1. The average molecular weight is 435 g/mol. The highest BCUT2D eigenvalue weighted by Crippen LogP contribution is 2.30. The highest BCUT2D eigenvalue weighted by Gasteiger charge is 2.24. The van der Waals surface area contributed by atoms with Crippen LogP contribution in [0.4, 0.5) is 0 Å². The van der Waals surface area contributed by atoms with Gasteiger partial charge in [-0.05, 0) is 35.9 Å². The van der Waals surface area contributed by atoms with Crippen LogP contribution < -0.4 is 9.47 Å². The third-order valence-electron chi connectivity index (χ3n) is 3.44. The summed E-state index contributed by atoms with van der Waals surface area (Å²) in [7, 11) is 0.870. The first kappa shape index (κ1) is 19.1. The molecule has 2 rings (SSSR count). The summed E-state index contributed by atoms with van der Waals surface area (Å²) in [5, 5.41) is 0.170. The quantitative estimate of drug-likeness (QED) is 0.691. The number of hydrogen-bond acceptors (Lipinski definition) is 4. The second-order valence-corrected chi connectivity index (χ2v) is 8.36. The van der Waals surface area contributed by atoms with E-state index >= 15 is 0 Å². The molecule has 0 aromatic heterocycles. The van der Waals surface area contributed by atoms with Crippen molar-refractivity contribution in [3.8, 4) is 11.5 Å². The molecule has 0 N–H and O–H groups in total. The number of halogens is 2. The monoisotopic (exact) mass is 433 g/mol. The van der Waals surface area contributed by atoms with Gasteiger partial charge in [-0.1, -0.05) is 33.6 Å². The van der Waals surface area contributed by atoms with Gasteiger partial charge in [-0.3, -0.25) is 0 Å². The standard InChI is InChI=1S/C16H17BrClNO4S/c1-19(10-11-4-6-14(22-2)15(8-11)23-3)24(20,21)16-7-5-12(17)9-13(16)18/h4-9H,10H2,1-3H3. The molecule has 0 heterocycles. The van der Waals surface area contributed by atoms with Gasteiger partial charge in [0.05, 0.1) is 19.2 Å². The molecule has 0 aliphatic heterocycles. The van der Waals surface area contributed by atoms with Crippen molar-refractivity contribution >= 4 is 37.6 Å². The third kappa shape index (κ3) is 4.03. The van der Waals surface area contributed by atoms with Crippen molar-refractivity contribution in [3.05, 3.63) is 51.5 Å². The number of rotatable bonds is 6. The lowest BCUT2D eigenvalue weighted by Crippen LogP contribution is -2.26. The van der Waals surface area contributed by atoms with Crippen LogP contribution in [0.2, 0.25) is 5.02 Å². The van der Waals surface area contributed by atoms with Gasteiger partial charge in [-0.15, -0.1) is 0 Å². The van der Waals surface area contributed by atoms with Gasteiger partial charge in [0.15, 0.2) is 11.5 Å². The Balaban J connectivity index is 2.29. The van der Waals surface area contributed by atoms with Crippen LogP contribution in [0.5, 0.6) is 11.5 Å². The second-order valence-electron chi connectivity index (χ2n) is 5.03. The zero-order valence-electron chi connectivity index (χ0n) is 13.4. The summed E-state index contributed by atoms with van der Waals surface area (Å²) in [4.78, 5) is 0.0651. The van der Waals surface area contributed by atoms with Gasteiger partial charge in [0, 0.05) is 18.1 Å². The fourth-order valence-electron chi connectivity index (χ4n) is 2.17. The largest absolute Gasteiger partial charge is 0.493 e. The van der Waals surface area contributed by atoms with E-state index in [1.807, 2.05) is 0 Å². The Morgan fingerprint density at radius 2 is 1.75 bits per heavy atom. The van der Waals surface area contributed by atoms with E-state index in [0.29, 0.717) is 16.0 Å². The third-order valence-corrected chi connectivity index (χ3v) is 6.21. The van der Waals surface area contributed by atoms with E-state index in [1.54, 1.807) is 37.4 Å². The van der Waals surface area contributed by atoms with Crippen LogP contribution in [0, 0.1) is 0 Å². The van der Waals surface area contributed by atoms with Crippen LogP contribution in [0.25, 0.3) is 0 Å². The van der Waals surface area contributed by atoms with E-state index in [1.165, 1.54) is 24.5 Å². The van der Waals surface area contributed by atoms with Gasteiger partial charge >= 0.3 is 0 Å². The van der Waals surface area contributed by atoms with Gasteiger partial charge in [0.2, 0.25) is 10.0 Å². The minimum absolute atomic E-state index is 0.0651. The Labute approximate surface area is 155 Å². The van der Waals surface area contributed by atoms with Gasteiger partial charge in [-0.2, -0.15) is 4.31 Å². The smallest absolute Gasteiger partial charge is 0.244 e. The highest BCUT2D eigenvalue weighted by atomic mass is 79.9. The highest BCUT2D eigenvalue weighted by molar-refractivity contribution is 9.10. The first-order valence-corrected chi connectivity index (χ1v) is 9.53. The summed E-state index contributed by atoms with van der Waals surface area (Å²) in [6, 6.07) is 9.94. The first-order valence-electron chi connectivity index (χ1n) is 6.92. The molecule has 5 nitrogen and oxygen atoms in total. The minimum atomic E-state index is -3.71. The number of hydrogen-bond donors (Lipinski definition) is 0. The molecule has 0 fully saturated rings. The van der Waals surface area contributed by atoms with E-state index < -0.39 is 10.0 Å². The molecule has 0 aliphatic carbocycles. The molecule has 0 saturated heterocycles. The number of benzene rings is 2. The lowest BCUT2D eigenvalue weighted by Gasteiger charge is -2.19. The van der Waals surface area contributed by atoms with Gasteiger partial charge in [0.1, 0.15) is 4.90 Å². The molecule has 130 valence electrons. The van der Waals surface area contributed by atoms with Crippen molar-refractivity contribution in [2.45, 2.75) is 11.4 Å². The summed E-state index contributed by atoms with van der Waals surface area (Å²) in [5.74, 6) is 1.13. The molecule has 0 saturated carbocycles. The van der Waals surface area contributed by atoms with Crippen molar-refractivity contribution in [3.63, 3.8) is 0 Å². The second kappa shape index (κ2) is 7.74. The molecule has 2 aromatic rings. The van der Waals surface area contributed by atoms with Crippen LogP contribution >= 0.6 is 27.5 Å². The first-order chi connectivity index (χ1) is 11.3. The number of sulfonamides is 1. The summed E-state index contributed by atoms with van der Waals surface area (Å²) in [6.07, 6.45) is 0.